The van der Waals surface area contributed by atoms with Crippen LogP contribution in [0.5, 0.6) is 5.75 Å². The second kappa shape index (κ2) is 8.21. The van der Waals surface area contributed by atoms with Gasteiger partial charge >= 0.3 is 0 Å². The number of fused-ring (bicyclic) bond motifs is 1. The number of aliphatic hydroxyl groups is 1. The van der Waals surface area contributed by atoms with Gasteiger partial charge in [-0.05, 0) is 38.7 Å². The highest BCUT2D eigenvalue weighted by atomic mass is 16.5. The van der Waals surface area contributed by atoms with Crippen LogP contribution in [0.2, 0.25) is 0 Å². The Hall–Kier alpha value is -2.22. The van der Waals surface area contributed by atoms with Crippen LogP contribution in [0.1, 0.15) is 22.6 Å². The zero-order valence-electron chi connectivity index (χ0n) is 16.5. The third-order valence-electron chi connectivity index (χ3n) is 4.80. The van der Waals surface area contributed by atoms with Gasteiger partial charge in [-0.15, -0.1) is 0 Å². The fraction of sp³-hybridized carbons (Fsp3) is 0.500. The lowest BCUT2D eigenvalue weighted by molar-refractivity contribution is 0.0831. The van der Waals surface area contributed by atoms with Crippen LogP contribution in [0.4, 0.5) is 0 Å². The summed E-state index contributed by atoms with van der Waals surface area (Å²) in [6.45, 7) is 4.78. The van der Waals surface area contributed by atoms with Crippen molar-refractivity contribution in [1.29, 1.82) is 0 Å². The zero-order chi connectivity index (χ0) is 19.6. The van der Waals surface area contributed by atoms with Gasteiger partial charge in [-0.25, -0.2) is 4.98 Å². The first-order chi connectivity index (χ1) is 12.8. The summed E-state index contributed by atoms with van der Waals surface area (Å²) in [5.41, 5.74) is 2.90. The molecule has 3 rings (SSSR count). The van der Waals surface area contributed by atoms with Crippen LogP contribution in [-0.4, -0.2) is 57.8 Å². The van der Waals surface area contributed by atoms with Crippen molar-refractivity contribution in [1.82, 2.24) is 19.4 Å². The van der Waals surface area contributed by atoms with Crippen LogP contribution in [0.15, 0.2) is 29.1 Å². The minimum atomic E-state index is -0.513. The summed E-state index contributed by atoms with van der Waals surface area (Å²) < 4.78 is 7.25. The van der Waals surface area contributed by atoms with E-state index in [0.717, 1.165) is 34.9 Å². The van der Waals surface area contributed by atoms with E-state index in [2.05, 4.69) is 9.88 Å². The van der Waals surface area contributed by atoms with Gasteiger partial charge in [0.2, 0.25) is 0 Å². The fourth-order valence-electron chi connectivity index (χ4n) is 3.32. The quantitative estimate of drug-likeness (QED) is 0.779. The van der Waals surface area contributed by atoms with Crippen molar-refractivity contribution in [3.05, 3.63) is 57.3 Å². The van der Waals surface area contributed by atoms with Gasteiger partial charge in [0.15, 0.2) is 0 Å². The first-order valence-corrected chi connectivity index (χ1v) is 9.15. The van der Waals surface area contributed by atoms with Crippen LogP contribution in [0.25, 0.3) is 0 Å². The molecule has 27 heavy (non-hydrogen) atoms. The lowest BCUT2D eigenvalue weighted by Crippen LogP contribution is -2.30. The van der Waals surface area contributed by atoms with Gasteiger partial charge in [0, 0.05) is 33.2 Å². The molecular formula is C20H28N4O3. The molecule has 0 saturated heterocycles. The van der Waals surface area contributed by atoms with E-state index in [1.165, 1.54) is 0 Å². The highest BCUT2D eigenvalue weighted by molar-refractivity contribution is 5.28. The number of hydrogen-bond donors (Lipinski definition) is 1. The molecule has 146 valence electrons. The summed E-state index contributed by atoms with van der Waals surface area (Å²) in [5.74, 6) is 1.49. The lowest BCUT2D eigenvalue weighted by atomic mass is 10.2. The highest BCUT2D eigenvalue weighted by Gasteiger charge is 2.24. The van der Waals surface area contributed by atoms with E-state index in [1.807, 2.05) is 50.2 Å². The van der Waals surface area contributed by atoms with Crippen molar-refractivity contribution < 1.29 is 9.84 Å². The van der Waals surface area contributed by atoms with Crippen molar-refractivity contribution >= 4 is 0 Å². The Labute approximate surface area is 159 Å². The van der Waals surface area contributed by atoms with Gasteiger partial charge < -0.3 is 14.7 Å². The summed E-state index contributed by atoms with van der Waals surface area (Å²) in [6, 6.07) is 7.88. The predicted molar refractivity (Wildman–Crippen MR) is 104 cm³/mol. The van der Waals surface area contributed by atoms with E-state index in [9.17, 15) is 9.90 Å². The van der Waals surface area contributed by atoms with Crippen molar-refractivity contribution in [2.45, 2.75) is 32.7 Å². The summed E-state index contributed by atoms with van der Waals surface area (Å²) in [6.07, 6.45) is -0.513. The highest BCUT2D eigenvalue weighted by Crippen LogP contribution is 2.21. The molecule has 1 aliphatic rings. The third-order valence-corrected chi connectivity index (χ3v) is 4.80. The largest absolute Gasteiger partial charge is 0.491 e. The number of likely N-dealkylation sites (N-methyl/N-ethyl adjacent to an activating group) is 1. The Kier molecular flexibility index (Phi) is 5.94. The molecule has 7 heteroatoms. The molecule has 1 aliphatic heterocycles. The van der Waals surface area contributed by atoms with E-state index in [1.54, 1.807) is 11.6 Å². The predicted octanol–water partition coefficient (Wildman–Crippen LogP) is 0.906. The zero-order valence-corrected chi connectivity index (χ0v) is 16.5. The normalized spacial score (nSPS) is 15.2. The molecule has 0 unspecified atom stereocenters. The second-order valence-electron chi connectivity index (χ2n) is 7.46. The average molecular weight is 372 g/mol. The maximum absolute atomic E-state index is 12.4. The van der Waals surface area contributed by atoms with Crippen LogP contribution >= 0.6 is 0 Å². The van der Waals surface area contributed by atoms with E-state index < -0.39 is 6.10 Å². The summed E-state index contributed by atoms with van der Waals surface area (Å²) in [7, 11) is 5.60. The second-order valence-corrected chi connectivity index (χ2v) is 7.46. The molecule has 1 atom stereocenters. The van der Waals surface area contributed by atoms with E-state index in [-0.39, 0.29) is 12.2 Å². The van der Waals surface area contributed by atoms with E-state index in [0.29, 0.717) is 19.6 Å². The number of hydrogen-bond acceptors (Lipinski definition) is 6. The van der Waals surface area contributed by atoms with E-state index >= 15 is 0 Å². The van der Waals surface area contributed by atoms with Crippen LogP contribution < -0.4 is 10.3 Å². The van der Waals surface area contributed by atoms with Crippen molar-refractivity contribution in [3.63, 3.8) is 0 Å². The van der Waals surface area contributed by atoms with Gasteiger partial charge in [-0.2, -0.15) is 0 Å². The molecule has 0 radical (unpaired) electrons. The summed E-state index contributed by atoms with van der Waals surface area (Å²) >= 11 is 0. The molecule has 2 aromatic rings. The van der Waals surface area contributed by atoms with Crippen molar-refractivity contribution in [3.8, 4) is 5.75 Å². The minimum absolute atomic E-state index is 0.0556. The topological polar surface area (TPSA) is 70.8 Å². The molecule has 2 heterocycles. The number of nitrogens with zero attached hydrogens (tertiary/aromatic N) is 4. The number of ether oxygens (including phenoxy) is 1. The third kappa shape index (κ3) is 4.74. The lowest BCUT2D eigenvalue weighted by Gasteiger charge is -2.17. The smallest absolute Gasteiger partial charge is 0.258 e. The Bertz CT molecular complexity index is 846. The average Bonchev–Trinajstić information content (AvgIpc) is 3.01. The van der Waals surface area contributed by atoms with Crippen LogP contribution in [-0.2, 0) is 26.7 Å². The summed E-state index contributed by atoms with van der Waals surface area (Å²) in [5, 5.41) is 9.87. The maximum atomic E-state index is 12.4. The molecule has 0 bridgehead atoms. The molecule has 0 amide bonds. The first kappa shape index (κ1) is 19.5. The minimum Gasteiger partial charge on any atom is -0.491 e. The molecule has 1 N–H and O–H groups in total. The number of aromatic nitrogens is 2. The fourth-order valence-corrected chi connectivity index (χ4v) is 3.32. The first-order valence-electron chi connectivity index (χ1n) is 9.15. The monoisotopic (exact) mass is 372 g/mol. The summed E-state index contributed by atoms with van der Waals surface area (Å²) in [4.78, 5) is 21.1. The van der Waals surface area contributed by atoms with Crippen LogP contribution in [0.3, 0.4) is 0 Å². The van der Waals surface area contributed by atoms with Gasteiger partial charge in [0.05, 0.1) is 11.3 Å². The van der Waals surface area contributed by atoms with Crippen LogP contribution in [0, 0.1) is 6.92 Å². The van der Waals surface area contributed by atoms with Gasteiger partial charge in [0.1, 0.15) is 24.3 Å². The number of aliphatic hydroxyl groups excluding tert-OH is 1. The van der Waals surface area contributed by atoms with Crippen molar-refractivity contribution in [2.75, 3.05) is 27.2 Å². The maximum Gasteiger partial charge on any atom is 0.258 e. The number of benzene rings is 1. The number of aryl methyl sites for hydroxylation is 1. The Morgan fingerprint density at radius 2 is 1.96 bits per heavy atom. The molecular weight excluding hydrogens is 344 g/mol. The molecule has 0 fully saturated rings. The van der Waals surface area contributed by atoms with Crippen molar-refractivity contribution in [2.24, 2.45) is 7.05 Å². The SMILES string of the molecule is Cc1nc2c(c(=O)n1C)CN(Cc1ccc(OC[C@H](O)CN(C)C)cc1)C2. The number of rotatable bonds is 7. The Morgan fingerprint density at radius 1 is 1.26 bits per heavy atom. The Morgan fingerprint density at radius 3 is 2.63 bits per heavy atom. The molecule has 0 saturated carbocycles. The van der Waals surface area contributed by atoms with Gasteiger partial charge in [0.25, 0.3) is 5.56 Å². The van der Waals surface area contributed by atoms with Gasteiger partial charge in [-0.1, -0.05) is 12.1 Å². The molecule has 0 aliphatic carbocycles. The molecule has 1 aromatic heterocycles. The Balaban J connectivity index is 1.56. The molecule has 7 nitrogen and oxygen atoms in total. The molecule has 1 aromatic carbocycles. The molecule has 0 spiro atoms. The van der Waals surface area contributed by atoms with Gasteiger partial charge in [-0.3, -0.25) is 14.3 Å². The standard InChI is InChI=1S/C20H28N4O3/c1-14-21-19-12-24(11-18(19)20(26)23(14)4)9-15-5-7-17(8-6-15)27-13-16(25)10-22(2)3/h5-8,16,25H,9-13H2,1-4H3/t16-/m1/s1. The van der Waals surface area contributed by atoms with E-state index in [4.69, 9.17) is 4.74 Å².